The molecule has 1 aromatic heterocycles. The summed E-state index contributed by atoms with van der Waals surface area (Å²) in [6.07, 6.45) is 0. The van der Waals surface area contributed by atoms with Crippen LogP contribution in [-0.4, -0.2) is 16.9 Å². The smallest absolute Gasteiger partial charge is 0.270 e. The van der Waals surface area contributed by atoms with E-state index in [4.69, 9.17) is 4.74 Å². The van der Waals surface area contributed by atoms with Gasteiger partial charge < -0.3 is 4.74 Å². The van der Waals surface area contributed by atoms with Gasteiger partial charge in [0.2, 0.25) is 0 Å². The Bertz CT molecular complexity index is 668. The monoisotopic (exact) mass is 354 g/mol. The van der Waals surface area contributed by atoms with Crippen molar-refractivity contribution in [3.63, 3.8) is 0 Å². The van der Waals surface area contributed by atoms with Crippen LogP contribution < -0.4 is 10.3 Å². The molecule has 0 N–H and O–H groups in total. The van der Waals surface area contributed by atoms with Gasteiger partial charge in [0.1, 0.15) is 10.4 Å². The van der Waals surface area contributed by atoms with Gasteiger partial charge in [0.25, 0.3) is 5.56 Å². The molecule has 20 heavy (non-hydrogen) atoms. The maximum Gasteiger partial charge on any atom is 0.270 e. The van der Waals surface area contributed by atoms with E-state index in [0.29, 0.717) is 10.2 Å². The molecule has 2 rings (SSSR count). The fourth-order valence-corrected chi connectivity index (χ4v) is 3.61. The second kappa shape index (κ2) is 6.45. The molecule has 1 heterocycles. The number of ether oxygens (including phenoxy) is 1. The molecule has 106 valence electrons. The molecule has 0 bridgehead atoms. The van der Waals surface area contributed by atoms with Crippen LogP contribution in [0, 0.1) is 6.92 Å². The van der Waals surface area contributed by atoms with Crippen molar-refractivity contribution in [1.29, 1.82) is 0 Å². The van der Waals surface area contributed by atoms with Gasteiger partial charge in [0.05, 0.1) is 12.0 Å². The number of hydrogen-bond acceptors (Lipinski definition) is 4. The molecule has 0 spiro atoms. The Morgan fingerprint density at radius 2 is 2.00 bits per heavy atom. The Balaban J connectivity index is 2.18. The highest BCUT2D eigenvalue weighted by atomic mass is 79.9. The van der Waals surface area contributed by atoms with Gasteiger partial charge in [-0.2, -0.15) is 5.10 Å². The van der Waals surface area contributed by atoms with Gasteiger partial charge in [-0.25, -0.2) is 4.68 Å². The van der Waals surface area contributed by atoms with E-state index in [0.717, 1.165) is 16.4 Å². The molecular weight excluding hydrogens is 340 g/mol. The van der Waals surface area contributed by atoms with Crippen LogP contribution >= 0.6 is 27.7 Å². The lowest BCUT2D eigenvalue weighted by molar-refractivity contribution is 0.414. The van der Waals surface area contributed by atoms with E-state index < -0.39 is 0 Å². The third-order valence-corrected chi connectivity index (χ3v) is 5.01. The molecule has 2 aromatic rings. The van der Waals surface area contributed by atoms with Crippen molar-refractivity contribution in [2.24, 2.45) is 7.05 Å². The Hall–Kier alpha value is -1.27. The fourth-order valence-electron chi connectivity index (χ4n) is 1.76. The number of aromatic nitrogens is 2. The minimum Gasteiger partial charge on any atom is -0.497 e. The molecule has 0 unspecified atom stereocenters. The van der Waals surface area contributed by atoms with Crippen LogP contribution in [0.4, 0.5) is 0 Å². The molecule has 1 aromatic carbocycles. The van der Waals surface area contributed by atoms with Crippen molar-refractivity contribution >= 4 is 27.7 Å². The highest BCUT2D eigenvalue weighted by molar-refractivity contribution is 9.10. The summed E-state index contributed by atoms with van der Waals surface area (Å²) in [6.45, 7) is 1.82. The molecule has 0 aliphatic heterocycles. The average molecular weight is 355 g/mol. The first-order valence-electron chi connectivity index (χ1n) is 6.02. The minimum absolute atomic E-state index is 0.0644. The largest absolute Gasteiger partial charge is 0.497 e. The summed E-state index contributed by atoms with van der Waals surface area (Å²) < 4.78 is 7.18. The van der Waals surface area contributed by atoms with E-state index in [1.807, 2.05) is 31.2 Å². The van der Waals surface area contributed by atoms with Crippen molar-refractivity contribution in [3.8, 4) is 5.75 Å². The number of benzene rings is 1. The Morgan fingerprint density at radius 1 is 1.35 bits per heavy atom. The van der Waals surface area contributed by atoms with Gasteiger partial charge in [-0.1, -0.05) is 12.1 Å². The molecule has 0 saturated heterocycles. The fraction of sp³-hybridized carbons (Fsp3) is 0.286. The summed E-state index contributed by atoms with van der Waals surface area (Å²) in [5, 5.41) is 4.15. The van der Waals surface area contributed by atoms with Gasteiger partial charge in [-0.3, -0.25) is 4.79 Å². The first-order valence-corrected chi connectivity index (χ1v) is 7.80. The van der Waals surface area contributed by atoms with Crippen LogP contribution in [0.25, 0.3) is 0 Å². The van der Waals surface area contributed by atoms with Gasteiger partial charge >= 0.3 is 0 Å². The number of nitrogens with zero attached hydrogens (tertiary/aromatic N) is 2. The number of halogens is 1. The predicted octanol–water partition coefficient (Wildman–Crippen LogP) is 3.15. The molecular formula is C14H15BrN2O2S. The SMILES string of the molecule is COc1ccc(CSc2c(Br)nn(C)c(=O)c2C)cc1. The number of hydrogen-bond donors (Lipinski definition) is 0. The number of aryl methyl sites for hydroxylation is 1. The van der Waals surface area contributed by atoms with Crippen molar-refractivity contribution in [2.75, 3.05) is 7.11 Å². The topological polar surface area (TPSA) is 44.1 Å². The van der Waals surface area contributed by atoms with Crippen LogP contribution in [-0.2, 0) is 12.8 Å². The van der Waals surface area contributed by atoms with E-state index in [9.17, 15) is 4.79 Å². The standard InChI is InChI=1S/C14H15BrN2O2S/c1-9-12(13(15)16-17(2)14(9)18)20-8-10-4-6-11(19-3)7-5-10/h4-7H,8H2,1-3H3. The zero-order valence-corrected chi connectivity index (χ0v) is 13.9. The first-order chi connectivity index (χ1) is 9.52. The van der Waals surface area contributed by atoms with Crippen molar-refractivity contribution in [3.05, 3.63) is 50.3 Å². The third-order valence-electron chi connectivity index (χ3n) is 2.92. The maximum atomic E-state index is 11.9. The molecule has 4 nitrogen and oxygen atoms in total. The Kier molecular flexibility index (Phi) is 4.88. The van der Waals surface area contributed by atoms with Crippen LogP contribution in [0.15, 0.2) is 38.6 Å². The normalized spacial score (nSPS) is 10.6. The molecule has 0 radical (unpaired) electrons. The van der Waals surface area contributed by atoms with Gasteiger partial charge in [0, 0.05) is 18.4 Å². The molecule has 0 aliphatic carbocycles. The molecule has 0 aliphatic rings. The van der Waals surface area contributed by atoms with Gasteiger partial charge in [0.15, 0.2) is 0 Å². The first kappa shape index (κ1) is 15.1. The summed E-state index contributed by atoms with van der Waals surface area (Å²) in [5.74, 6) is 1.62. The maximum absolute atomic E-state index is 11.9. The van der Waals surface area contributed by atoms with E-state index in [-0.39, 0.29) is 5.56 Å². The molecule has 0 fully saturated rings. The second-order valence-electron chi connectivity index (χ2n) is 4.31. The summed E-state index contributed by atoms with van der Waals surface area (Å²) in [5.41, 5.74) is 1.82. The van der Waals surface area contributed by atoms with Crippen LogP contribution in [0.2, 0.25) is 0 Å². The molecule has 0 amide bonds. The van der Waals surface area contributed by atoms with Gasteiger partial charge in [-0.15, -0.1) is 11.8 Å². The summed E-state index contributed by atoms with van der Waals surface area (Å²) >= 11 is 5.02. The molecule has 0 saturated carbocycles. The van der Waals surface area contributed by atoms with E-state index in [1.165, 1.54) is 10.2 Å². The zero-order chi connectivity index (χ0) is 14.7. The lowest BCUT2D eigenvalue weighted by Crippen LogP contribution is -2.22. The van der Waals surface area contributed by atoms with Crippen LogP contribution in [0.1, 0.15) is 11.1 Å². The van der Waals surface area contributed by atoms with Crippen LogP contribution in [0.3, 0.4) is 0 Å². The average Bonchev–Trinajstić information content (AvgIpc) is 2.45. The second-order valence-corrected chi connectivity index (χ2v) is 6.05. The lowest BCUT2D eigenvalue weighted by atomic mass is 10.2. The highest BCUT2D eigenvalue weighted by Gasteiger charge is 2.11. The van der Waals surface area contributed by atoms with E-state index in [1.54, 1.807) is 25.9 Å². The van der Waals surface area contributed by atoms with E-state index >= 15 is 0 Å². The molecule has 0 atom stereocenters. The van der Waals surface area contributed by atoms with E-state index in [2.05, 4.69) is 21.0 Å². The summed E-state index contributed by atoms with van der Waals surface area (Å²) in [6, 6.07) is 7.90. The summed E-state index contributed by atoms with van der Waals surface area (Å²) in [4.78, 5) is 12.8. The van der Waals surface area contributed by atoms with Crippen molar-refractivity contribution in [1.82, 2.24) is 9.78 Å². The van der Waals surface area contributed by atoms with Crippen molar-refractivity contribution < 1.29 is 4.74 Å². The van der Waals surface area contributed by atoms with Crippen molar-refractivity contribution in [2.45, 2.75) is 17.6 Å². The number of thioether (sulfide) groups is 1. The lowest BCUT2D eigenvalue weighted by Gasteiger charge is -2.09. The number of rotatable bonds is 4. The number of methoxy groups -OCH3 is 1. The third kappa shape index (κ3) is 3.24. The Labute approximate surface area is 130 Å². The quantitative estimate of drug-likeness (QED) is 0.791. The predicted molar refractivity (Wildman–Crippen MR) is 84.5 cm³/mol. The summed E-state index contributed by atoms with van der Waals surface area (Å²) in [7, 11) is 3.30. The zero-order valence-electron chi connectivity index (χ0n) is 11.5. The highest BCUT2D eigenvalue weighted by Crippen LogP contribution is 2.30. The molecule has 6 heteroatoms. The minimum atomic E-state index is -0.0644. The van der Waals surface area contributed by atoms with Gasteiger partial charge in [-0.05, 0) is 40.5 Å². The Morgan fingerprint density at radius 3 is 2.60 bits per heavy atom. The van der Waals surface area contributed by atoms with Crippen LogP contribution in [0.5, 0.6) is 5.75 Å².